The number of imidazole rings is 1. The number of aromatic nitrogens is 2. The van der Waals surface area contributed by atoms with Gasteiger partial charge in [-0.15, -0.1) is 0 Å². The van der Waals surface area contributed by atoms with Crippen LogP contribution in [0.5, 0.6) is 0 Å². The number of carbonyl (C=O) groups excluding carboxylic acids is 1. The third-order valence-electron chi connectivity index (χ3n) is 2.68. The molecule has 0 bridgehead atoms. The maximum Gasteiger partial charge on any atom is 0.241 e. The summed E-state index contributed by atoms with van der Waals surface area (Å²) in [5.41, 5.74) is -0.763. The van der Waals surface area contributed by atoms with Crippen LogP contribution in [0.15, 0.2) is 12.4 Å². The molecule has 0 aromatic carbocycles. The van der Waals surface area contributed by atoms with Crippen molar-refractivity contribution >= 4 is 5.91 Å². The van der Waals surface area contributed by atoms with Crippen LogP contribution in [0.3, 0.4) is 0 Å². The molecular weight excluding hydrogens is 192 g/mol. The van der Waals surface area contributed by atoms with Gasteiger partial charge in [0.05, 0.1) is 12.1 Å². The normalized spacial score (nSPS) is 18.9. The molecular formula is C10H12N4O. The Kier molecular flexibility index (Phi) is 2.19. The van der Waals surface area contributed by atoms with Crippen molar-refractivity contribution in [3.05, 3.63) is 18.2 Å². The first-order valence-electron chi connectivity index (χ1n) is 4.89. The summed E-state index contributed by atoms with van der Waals surface area (Å²) in [6.45, 7) is 1.84. The van der Waals surface area contributed by atoms with E-state index in [1.807, 2.05) is 6.92 Å². The molecule has 2 N–H and O–H groups in total. The van der Waals surface area contributed by atoms with Gasteiger partial charge in [-0.25, -0.2) is 4.98 Å². The van der Waals surface area contributed by atoms with Gasteiger partial charge in [0.1, 0.15) is 11.2 Å². The highest BCUT2D eigenvalue weighted by atomic mass is 16.2. The van der Waals surface area contributed by atoms with Crippen molar-refractivity contribution in [3.63, 3.8) is 0 Å². The first-order chi connectivity index (χ1) is 7.18. The molecule has 78 valence electrons. The van der Waals surface area contributed by atoms with Crippen LogP contribution >= 0.6 is 0 Å². The standard InChI is InChI=1S/C10H12N4O/c1-7(8-12-4-5-13-8)14-9(15)10(6-11)2-3-10/h4-5,7H,2-3H2,1H3,(H,12,13)(H,14,15). The van der Waals surface area contributed by atoms with Crippen molar-refractivity contribution in [2.75, 3.05) is 0 Å². The Balaban J connectivity index is 1.99. The SMILES string of the molecule is CC(NC(=O)C1(C#N)CC1)c1ncc[nH]1. The van der Waals surface area contributed by atoms with Crippen molar-refractivity contribution in [2.24, 2.45) is 5.41 Å². The molecule has 2 rings (SSSR count). The molecule has 0 saturated heterocycles. The molecule has 15 heavy (non-hydrogen) atoms. The Morgan fingerprint density at radius 3 is 3.00 bits per heavy atom. The lowest BCUT2D eigenvalue weighted by Crippen LogP contribution is -2.33. The van der Waals surface area contributed by atoms with Gasteiger partial charge in [-0.3, -0.25) is 4.79 Å². The summed E-state index contributed by atoms with van der Waals surface area (Å²) in [6, 6.07) is 1.88. The molecule has 1 aliphatic rings. The molecule has 1 aromatic rings. The predicted octanol–water partition coefficient (Wildman–Crippen LogP) is 0.891. The van der Waals surface area contributed by atoms with Crippen LogP contribution in [0, 0.1) is 16.7 Å². The quantitative estimate of drug-likeness (QED) is 0.767. The minimum atomic E-state index is -0.763. The summed E-state index contributed by atoms with van der Waals surface area (Å²) in [6.07, 6.45) is 4.67. The molecule has 5 nitrogen and oxygen atoms in total. The number of H-pyrrole nitrogens is 1. The van der Waals surface area contributed by atoms with E-state index in [9.17, 15) is 4.79 Å². The lowest BCUT2D eigenvalue weighted by molar-refractivity contribution is -0.125. The number of rotatable bonds is 3. The van der Waals surface area contributed by atoms with Gasteiger partial charge in [-0.1, -0.05) is 0 Å². The van der Waals surface area contributed by atoms with E-state index >= 15 is 0 Å². The number of nitriles is 1. The van der Waals surface area contributed by atoms with Gasteiger partial charge in [0.15, 0.2) is 0 Å². The predicted molar refractivity (Wildman–Crippen MR) is 52.4 cm³/mol. The number of hydrogen-bond acceptors (Lipinski definition) is 3. The van der Waals surface area contributed by atoms with Gasteiger partial charge in [-0.2, -0.15) is 5.26 Å². The highest BCUT2D eigenvalue weighted by molar-refractivity contribution is 5.88. The van der Waals surface area contributed by atoms with E-state index in [0.717, 1.165) is 0 Å². The van der Waals surface area contributed by atoms with E-state index in [-0.39, 0.29) is 11.9 Å². The lowest BCUT2D eigenvalue weighted by atomic mass is 10.1. The van der Waals surface area contributed by atoms with Gasteiger partial charge in [0.25, 0.3) is 0 Å². The van der Waals surface area contributed by atoms with Gasteiger partial charge < -0.3 is 10.3 Å². The minimum Gasteiger partial charge on any atom is -0.347 e. The summed E-state index contributed by atoms with van der Waals surface area (Å²) in [7, 11) is 0. The molecule has 0 aliphatic heterocycles. The fraction of sp³-hybridized carbons (Fsp3) is 0.500. The molecule has 0 radical (unpaired) electrons. The maximum absolute atomic E-state index is 11.7. The summed E-state index contributed by atoms with van der Waals surface area (Å²) in [5.74, 6) is 0.519. The molecule has 1 atom stereocenters. The number of amides is 1. The first kappa shape index (κ1) is 9.71. The first-order valence-corrected chi connectivity index (χ1v) is 4.89. The van der Waals surface area contributed by atoms with E-state index < -0.39 is 5.41 Å². The van der Waals surface area contributed by atoms with E-state index in [1.165, 1.54) is 0 Å². The third-order valence-corrected chi connectivity index (χ3v) is 2.68. The second-order valence-electron chi connectivity index (χ2n) is 3.86. The van der Waals surface area contributed by atoms with Crippen LogP contribution in [0.4, 0.5) is 0 Å². The Morgan fingerprint density at radius 2 is 2.53 bits per heavy atom. The van der Waals surface area contributed by atoms with Gasteiger partial charge in [0, 0.05) is 12.4 Å². The zero-order valence-corrected chi connectivity index (χ0v) is 8.45. The Bertz CT molecular complexity index is 400. The van der Waals surface area contributed by atoms with Crippen molar-refractivity contribution < 1.29 is 4.79 Å². The summed E-state index contributed by atoms with van der Waals surface area (Å²) < 4.78 is 0. The second-order valence-corrected chi connectivity index (χ2v) is 3.86. The average molecular weight is 204 g/mol. The summed E-state index contributed by atoms with van der Waals surface area (Å²) >= 11 is 0. The molecule has 0 spiro atoms. The van der Waals surface area contributed by atoms with Crippen LogP contribution in [-0.4, -0.2) is 15.9 Å². The molecule has 1 aliphatic carbocycles. The van der Waals surface area contributed by atoms with Gasteiger partial charge in [-0.05, 0) is 19.8 Å². The molecule has 1 fully saturated rings. The van der Waals surface area contributed by atoms with Crippen LogP contribution in [0.25, 0.3) is 0 Å². The zero-order valence-electron chi connectivity index (χ0n) is 8.45. The van der Waals surface area contributed by atoms with Crippen LogP contribution in [0.2, 0.25) is 0 Å². The number of carbonyl (C=O) groups is 1. The smallest absolute Gasteiger partial charge is 0.241 e. The largest absolute Gasteiger partial charge is 0.347 e. The van der Waals surface area contributed by atoms with E-state index in [1.54, 1.807) is 12.4 Å². The molecule has 1 aromatic heterocycles. The van der Waals surface area contributed by atoms with E-state index in [4.69, 9.17) is 5.26 Å². The van der Waals surface area contributed by atoms with Crippen LogP contribution < -0.4 is 5.32 Å². The summed E-state index contributed by atoms with van der Waals surface area (Å²) in [4.78, 5) is 18.7. The maximum atomic E-state index is 11.7. The second kappa shape index (κ2) is 3.39. The van der Waals surface area contributed by atoms with Crippen LogP contribution in [-0.2, 0) is 4.79 Å². The average Bonchev–Trinajstić information content (AvgIpc) is 2.84. The molecule has 1 saturated carbocycles. The minimum absolute atomic E-state index is 0.182. The zero-order chi connectivity index (χ0) is 10.9. The van der Waals surface area contributed by atoms with Gasteiger partial charge >= 0.3 is 0 Å². The molecule has 5 heteroatoms. The number of nitrogens with zero attached hydrogens (tertiary/aromatic N) is 2. The monoisotopic (exact) mass is 204 g/mol. The van der Waals surface area contributed by atoms with Gasteiger partial charge in [0.2, 0.25) is 5.91 Å². The number of aromatic amines is 1. The van der Waals surface area contributed by atoms with E-state index in [2.05, 4.69) is 21.4 Å². The number of hydrogen-bond donors (Lipinski definition) is 2. The third kappa shape index (κ3) is 1.71. The molecule has 1 unspecified atom stereocenters. The fourth-order valence-electron chi connectivity index (χ4n) is 1.43. The van der Waals surface area contributed by atoms with E-state index in [0.29, 0.717) is 18.7 Å². The topological polar surface area (TPSA) is 81.6 Å². The Labute approximate surface area is 87.5 Å². The molecule has 1 amide bonds. The van der Waals surface area contributed by atoms with Crippen molar-refractivity contribution in [2.45, 2.75) is 25.8 Å². The number of nitrogens with one attached hydrogen (secondary N) is 2. The molecule has 1 heterocycles. The highest BCUT2D eigenvalue weighted by Crippen LogP contribution is 2.45. The lowest BCUT2D eigenvalue weighted by Gasteiger charge is -2.13. The van der Waals surface area contributed by atoms with Crippen molar-refractivity contribution in [3.8, 4) is 6.07 Å². The van der Waals surface area contributed by atoms with Crippen molar-refractivity contribution in [1.29, 1.82) is 5.26 Å². The summed E-state index contributed by atoms with van der Waals surface area (Å²) in [5, 5.41) is 11.6. The van der Waals surface area contributed by atoms with Crippen LogP contribution in [0.1, 0.15) is 31.6 Å². The Hall–Kier alpha value is -1.83. The fourth-order valence-corrected chi connectivity index (χ4v) is 1.43. The Morgan fingerprint density at radius 1 is 1.80 bits per heavy atom. The van der Waals surface area contributed by atoms with Crippen molar-refractivity contribution in [1.82, 2.24) is 15.3 Å². The highest BCUT2D eigenvalue weighted by Gasteiger charge is 2.50.